The van der Waals surface area contributed by atoms with Gasteiger partial charge in [-0.2, -0.15) is 0 Å². The molecule has 0 aliphatic carbocycles. The van der Waals surface area contributed by atoms with E-state index in [0.717, 1.165) is 5.69 Å². The second kappa shape index (κ2) is 9.50. The Morgan fingerprint density at radius 1 is 1.18 bits per heavy atom. The van der Waals surface area contributed by atoms with Crippen molar-refractivity contribution in [2.75, 3.05) is 31.6 Å². The highest BCUT2D eigenvalue weighted by molar-refractivity contribution is 5.97. The van der Waals surface area contributed by atoms with Crippen molar-refractivity contribution in [2.45, 2.75) is 12.5 Å². The molecule has 146 valence electrons. The number of nitrogens with zero attached hydrogens (tertiary/aromatic N) is 3. The third kappa shape index (κ3) is 5.06. The summed E-state index contributed by atoms with van der Waals surface area (Å²) < 4.78 is 0. The van der Waals surface area contributed by atoms with Crippen molar-refractivity contribution in [2.24, 2.45) is 4.99 Å². The van der Waals surface area contributed by atoms with Crippen molar-refractivity contribution in [1.29, 1.82) is 0 Å². The van der Waals surface area contributed by atoms with Crippen molar-refractivity contribution in [3.8, 4) is 0 Å². The predicted octanol–water partition coefficient (Wildman–Crippen LogP) is 0.782. The average Bonchev–Trinajstić information content (AvgIpc) is 3.11. The highest BCUT2D eigenvalue weighted by atomic mass is 16.2. The number of rotatable bonds is 6. The maximum absolute atomic E-state index is 12.3. The van der Waals surface area contributed by atoms with Gasteiger partial charge in [-0.15, -0.1) is 0 Å². The molecule has 1 saturated heterocycles. The molecule has 1 atom stereocenters. The summed E-state index contributed by atoms with van der Waals surface area (Å²) in [5, 5.41) is 9.24. The molecular formula is C20H24N6O2. The van der Waals surface area contributed by atoms with Crippen molar-refractivity contribution < 1.29 is 9.59 Å². The van der Waals surface area contributed by atoms with Crippen LogP contribution in [0.4, 0.5) is 5.69 Å². The Morgan fingerprint density at radius 3 is 2.68 bits per heavy atom. The number of carbonyl (C=O) groups excluding carboxylic acids is 2. The molecule has 3 N–H and O–H groups in total. The summed E-state index contributed by atoms with van der Waals surface area (Å²) in [5.74, 6) is 0.518. The van der Waals surface area contributed by atoms with Gasteiger partial charge in [-0.05, 0) is 24.3 Å². The summed E-state index contributed by atoms with van der Waals surface area (Å²) in [6.07, 6.45) is 3.56. The molecule has 1 aromatic heterocycles. The molecule has 1 unspecified atom stereocenters. The SMILES string of the molecule is CN=C(NCCNC(=O)c1cccnc1)NC1CC(=O)N(c2ccccc2)C1. The van der Waals surface area contributed by atoms with Crippen LogP contribution in [0.3, 0.4) is 0 Å². The fourth-order valence-electron chi connectivity index (χ4n) is 3.01. The molecule has 2 amide bonds. The zero-order chi connectivity index (χ0) is 19.8. The Morgan fingerprint density at radius 2 is 1.96 bits per heavy atom. The van der Waals surface area contributed by atoms with Gasteiger partial charge >= 0.3 is 0 Å². The van der Waals surface area contributed by atoms with Crippen LogP contribution < -0.4 is 20.9 Å². The van der Waals surface area contributed by atoms with Crippen LogP contribution in [-0.4, -0.2) is 55.5 Å². The maximum atomic E-state index is 12.3. The molecule has 1 aliphatic heterocycles. The topological polar surface area (TPSA) is 98.7 Å². The van der Waals surface area contributed by atoms with E-state index in [1.807, 2.05) is 30.3 Å². The number of amides is 2. The lowest BCUT2D eigenvalue weighted by atomic mass is 10.2. The number of aliphatic imine (C=N–C) groups is 1. The van der Waals surface area contributed by atoms with E-state index in [1.165, 1.54) is 6.20 Å². The van der Waals surface area contributed by atoms with Gasteiger partial charge in [0.2, 0.25) is 5.91 Å². The zero-order valence-corrected chi connectivity index (χ0v) is 15.8. The lowest BCUT2D eigenvalue weighted by Crippen LogP contribution is -2.46. The monoisotopic (exact) mass is 380 g/mol. The maximum Gasteiger partial charge on any atom is 0.252 e. The van der Waals surface area contributed by atoms with E-state index in [-0.39, 0.29) is 17.9 Å². The third-order valence-electron chi connectivity index (χ3n) is 4.38. The number of benzene rings is 1. The number of nitrogens with one attached hydrogen (secondary N) is 3. The minimum absolute atomic E-state index is 0.0242. The van der Waals surface area contributed by atoms with E-state index < -0.39 is 0 Å². The highest BCUT2D eigenvalue weighted by Crippen LogP contribution is 2.20. The minimum atomic E-state index is -0.169. The van der Waals surface area contributed by atoms with Crippen LogP contribution in [-0.2, 0) is 4.79 Å². The summed E-state index contributed by atoms with van der Waals surface area (Å²) in [4.78, 5) is 34.2. The molecular weight excluding hydrogens is 356 g/mol. The summed E-state index contributed by atoms with van der Waals surface area (Å²) in [5.41, 5.74) is 1.42. The molecule has 28 heavy (non-hydrogen) atoms. The first-order valence-electron chi connectivity index (χ1n) is 9.18. The fourth-order valence-corrected chi connectivity index (χ4v) is 3.01. The van der Waals surface area contributed by atoms with Crippen LogP contribution in [0.2, 0.25) is 0 Å². The normalized spacial score (nSPS) is 16.8. The first kappa shape index (κ1) is 19.3. The fraction of sp³-hybridized carbons (Fsp3) is 0.300. The summed E-state index contributed by atoms with van der Waals surface area (Å²) >= 11 is 0. The number of pyridine rings is 1. The summed E-state index contributed by atoms with van der Waals surface area (Å²) in [6, 6.07) is 13.0. The van der Waals surface area contributed by atoms with Gasteiger partial charge in [-0.3, -0.25) is 19.6 Å². The molecule has 8 heteroatoms. The Labute approximate surface area is 164 Å². The number of aromatic nitrogens is 1. The predicted molar refractivity (Wildman–Crippen MR) is 108 cm³/mol. The Kier molecular flexibility index (Phi) is 6.56. The molecule has 0 bridgehead atoms. The van der Waals surface area contributed by atoms with Crippen molar-refractivity contribution >= 4 is 23.5 Å². The van der Waals surface area contributed by atoms with Crippen molar-refractivity contribution in [1.82, 2.24) is 20.9 Å². The van der Waals surface area contributed by atoms with Crippen LogP contribution in [0.5, 0.6) is 0 Å². The lowest BCUT2D eigenvalue weighted by Gasteiger charge is -2.19. The molecule has 0 saturated carbocycles. The third-order valence-corrected chi connectivity index (χ3v) is 4.38. The van der Waals surface area contributed by atoms with Crippen molar-refractivity contribution in [3.05, 3.63) is 60.4 Å². The first-order valence-corrected chi connectivity index (χ1v) is 9.18. The second-order valence-electron chi connectivity index (χ2n) is 6.38. The van der Waals surface area contributed by atoms with Gasteiger partial charge in [0.05, 0.1) is 11.6 Å². The Bertz CT molecular complexity index is 825. The van der Waals surface area contributed by atoms with Gasteiger partial charge in [-0.25, -0.2) is 0 Å². The summed E-state index contributed by atoms with van der Waals surface area (Å²) in [6.45, 7) is 1.53. The van der Waals surface area contributed by atoms with Gasteiger partial charge in [0.15, 0.2) is 5.96 Å². The lowest BCUT2D eigenvalue weighted by molar-refractivity contribution is -0.117. The van der Waals surface area contributed by atoms with Gasteiger partial charge in [0, 0.05) is 51.2 Å². The van der Waals surface area contributed by atoms with Crippen LogP contribution in [0.1, 0.15) is 16.8 Å². The molecule has 3 rings (SSSR count). The number of anilines is 1. The smallest absolute Gasteiger partial charge is 0.252 e. The largest absolute Gasteiger partial charge is 0.355 e. The van der Waals surface area contributed by atoms with E-state index in [4.69, 9.17) is 0 Å². The van der Waals surface area contributed by atoms with Crippen LogP contribution >= 0.6 is 0 Å². The van der Waals surface area contributed by atoms with Crippen LogP contribution in [0.15, 0.2) is 59.9 Å². The molecule has 2 heterocycles. The standard InChI is InChI=1S/C20H24N6O2/c1-21-20(24-11-10-23-19(28)15-6-5-9-22-13-15)25-16-12-18(27)26(14-16)17-7-3-2-4-8-17/h2-9,13,16H,10-12,14H2,1H3,(H,23,28)(H2,21,24,25). The van der Waals surface area contributed by atoms with Gasteiger partial charge in [0.25, 0.3) is 5.91 Å². The molecule has 8 nitrogen and oxygen atoms in total. The molecule has 0 radical (unpaired) electrons. The highest BCUT2D eigenvalue weighted by Gasteiger charge is 2.30. The molecule has 0 spiro atoms. The number of carbonyl (C=O) groups is 2. The van der Waals surface area contributed by atoms with E-state index in [0.29, 0.717) is 37.6 Å². The Balaban J connectivity index is 1.42. The minimum Gasteiger partial charge on any atom is -0.355 e. The van der Waals surface area contributed by atoms with Gasteiger partial charge in [0.1, 0.15) is 0 Å². The number of hydrogen-bond donors (Lipinski definition) is 3. The zero-order valence-electron chi connectivity index (χ0n) is 15.8. The average molecular weight is 380 g/mol. The second-order valence-corrected chi connectivity index (χ2v) is 6.38. The molecule has 2 aromatic rings. The number of guanidine groups is 1. The van der Waals surface area contributed by atoms with E-state index >= 15 is 0 Å². The van der Waals surface area contributed by atoms with Gasteiger partial charge < -0.3 is 20.9 Å². The van der Waals surface area contributed by atoms with Crippen LogP contribution in [0, 0.1) is 0 Å². The summed E-state index contributed by atoms with van der Waals surface area (Å²) in [7, 11) is 1.68. The molecule has 1 aliphatic rings. The van der Waals surface area contributed by atoms with Crippen LogP contribution in [0.25, 0.3) is 0 Å². The molecule has 1 aromatic carbocycles. The van der Waals surface area contributed by atoms with Crippen molar-refractivity contribution in [3.63, 3.8) is 0 Å². The van der Waals surface area contributed by atoms with E-state index in [9.17, 15) is 9.59 Å². The van der Waals surface area contributed by atoms with E-state index in [1.54, 1.807) is 30.3 Å². The number of para-hydroxylation sites is 1. The molecule has 1 fully saturated rings. The Hall–Kier alpha value is -3.42. The van der Waals surface area contributed by atoms with Gasteiger partial charge in [-0.1, -0.05) is 18.2 Å². The van der Waals surface area contributed by atoms with E-state index in [2.05, 4.69) is 25.9 Å². The number of hydrogen-bond acceptors (Lipinski definition) is 4. The quantitative estimate of drug-likeness (QED) is 0.391. The first-order chi connectivity index (χ1) is 13.7.